The summed E-state index contributed by atoms with van der Waals surface area (Å²) in [4.78, 5) is 0. The monoisotopic (exact) mass is 337 g/mol. The van der Waals surface area contributed by atoms with Crippen LogP contribution in [0, 0.1) is 0 Å². The number of hydrogen-bond acceptors (Lipinski definition) is 1. The van der Waals surface area contributed by atoms with E-state index in [1.165, 1.54) is 25.7 Å². The second-order valence-electron chi connectivity index (χ2n) is 6.40. The van der Waals surface area contributed by atoms with Gasteiger partial charge < -0.3 is 5.73 Å². The van der Waals surface area contributed by atoms with Gasteiger partial charge in [-0.3, -0.25) is 0 Å². The van der Waals surface area contributed by atoms with E-state index in [4.69, 9.17) is 5.73 Å². The van der Waals surface area contributed by atoms with Crippen LogP contribution >= 0.6 is 0 Å². The van der Waals surface area contributed by atoms with Gasteiger partial charge in [0, 0.05) is 0 Å². The standard InChI is InChI=1S/C20H26F3N/c1-2-3-4-5-6-7-10-15-13-14-18(19(24)20(21,22)23)17-12-9-8-11-16(15)17/h8-9,11-14,19H,2-7,10,24H2,1H3/t19-/m0/s1. The Balaban J connectivity index is 2.16. The van der Waals surface area contributed by atoms with Gasteiger partial charge in [-0.25, -0.2) is 0 Å². The molecule has 2 rings (SSSR count). The van der Waals surface area contributed by atoms with Gasteiger partial charge in [0.05, 0.1) is 0 Å². The summed E-state index contributed by atoms with van der Waals surface area (Å²) in [6, 6.07) is 8.70. The average Bonchev–Trinajstić information content (AvgIpc) is 2.56. The predicted octanol–water partition coefficient (Wildman–Crippen LogP) is 6.30. The average molecular weight is 337 g/mol. The van der Waals surface area contributed by atoms with Crippen molar-refractivity contribution in [2.45, 2.75) is 64.1 Å². The molecule has 0 aromatic heterocycles. The van der Waals surface area contributed by atoms with Crippen molar-refractivity contribution in [1.82, 2.24) is 0 Å². The van der Waals surface area contributed by atoms with Gasteiger partial charge in [0.25, 0.3) is 0 Å². The molecular weight excluding hydrogens is 311 g/mol. The number of unbranched alkanes of at least 4 members (excludes halogenated alkanes) is 5. The minimum absolute atomic E-state index is 0.157. The van der Waals surface area contributed by atoms with Gasteiger partial charge in [0.15, 0.2) is 0 Å². The maximum absolute atomic E-state index is 13.0. The van der Waals surface area contributed by atoms with Crippen molar-refractivity contribution in [2.24, 2.45) is 5.73 Å². The first-order valence-electron chi connectivity index (χ1n) is 8.78. The number of fused-ring (bicyclic) bond motifs is 1. The summed E-state index contributed by atoms with van der Waals surface area (Å²) in [5, 5.41) is 1.51. The third-order valence-electron chi connectivity index (χ3n) is 4.54. The summed E-state index contributed by atoms with van der Waals surface area (Å²) in [7, 11) is 0. The largest absolute Gasteiger partial charge is 0.407 e. The SMILES string of the molecule is CCCCCCCCc1ccc([C@H](N)C(F)(F)F)c2ccccc12. The zero-order valence-corrected chi connectivity index (χ0v) is 14.2. The molecular formula is C20H26F3N. The maximum atomic E-state index is 13.0. The van der Waals surface area contributed by atoms with E-state index in [1.807, 2.05) is 18.2 Å². The third kappa shape index (κ3) is 4.73. The number of hydrogen-bond donors (Lipinski definition) is 1. The van der Waals surface area contributed by atoms with Crippen LogP contribution in [0.1, 0.15) is 62.6 Å². The topological polar surface area (TPSA) is 26.0 Å². The van der Waals surface area contributed by atoms with E-state index < -0.39 is 12.2 Å². The molecule has 0 unspecified atom stereocenters. The summed E-state index contributed by atoms with van der Waals surface area (Å²) in [6.07, 6.45) is 3.69. The van der Waals surface area contributed by atoms with Gasteiger partial charge in [-0.1, -0.05) is 75.4 Å². The second-order valence-corrected chi connectivity index (χ2v) is 6.40. The molecule has 0 saturated carbocycles. The lowest BCUT2D eigenvalue weighted by Crippen LogP contribution is -2.28. The lowest BCUT2D eigenvalue weighted by molar-refractivity contribution is -0.148. The molecule has 0 spiro atoms. The van der Waals surface area contributed by atoms with Crippen LogP contribution < -0.4 is 5.73 Å². The molecule has 0 aliphatic heterocycles. The molecule has 0 amide bonds. The van der Waals surface area contributed by atoms with Gasteiger partial charge in [0.2, 0.25) is 0 Å². The first-order chi connectivity index (χ1) is 11.4. The maximum Gasteiger partial charge on any atom is 0.407 e. The Morgan fingerprint density at radius 2 is 1.50 bits per heavy atom. The summed E-state index contributed by atoms with van der Waals surface area (Å²) in [6.45, 7) is 2.19. The third-order valence-corrected chi connectivity index (χ3v) is 4.54. The van der Waals surface area contributed by atoms with E-state index in [9.17, 15) is 13.2 Å². The highest BCUT2D eigenvalue weighted by Crippen LogP contribution is 2.35. The molecule has 0 fully saturated rings. The van der Waals surface area contributed by atoms with Crippen molar-refractivity contribution in [3.05, 3.63) is 47.5 Å². The molecule has 0 aliphatic rings. The van der Waals surface area contributed by atoms with E-state index in [2.05, 4.69) is 6.92 Å². The Morgan fingerprint density at radius 3 is 2.17 bits per heavy atom. The number of nitrogens with two attached hydrogens (primary N) is 1. The first kappa shape index (κ1) is 18.8. The van der Waals surface area contributed by atoms with Crippen molar-refractivity contribution < 1.29 is 13.2 Å². The number of alkyl halides is 3. The van der Waals surface area contributed by atoms with Crippen LogP contribution in [0.15, 0.2) is 36.4 Å². The summed E-state index contributed by atoms with van der Waals surface area (Å²) in [5.74, 6) is 0. The van der Waals surface area contributed by atoms with Gasteiger partial charge in [-0.05, 0) is 34.7 Å². The highest BCUT2D eigenvalue weighted by atomic mass is 19.4. The van der Waals surface area contributed by atoms with Crippen LogP contribution in [-0.4, -0.2) is 6.18 Å². The summed E-state index contributed by atoms with van der Waals surface area (Å²) < 4.78 is 39.0. The lowest BCUT2D eigenvalue weighted by atomic mass is 9.93. The van der Waals surface area contributed by atoms with Crippen molar-refractivity contribution in [1.29, 1.82) is 0 Å². The molecule has 0 aliphatic carbocycles. The molecule has 1 nitrogen and oxygen atoms in total. The molecule has 2 aromatic carbocycles. The molecule has 0 bridgehead atoms. The number of rotatable bonds is 8. The summed E-state index contributed by atoms with van der Waals surface area (Å²) in [5.41, 5.74) is 6.70. The van der Waals surface area contributed by atoms with Gasteiger partial charge >= 0.3 is 6.18 Å². The Kier molecular flexibility index (Phi) is 6.67. The van der Waals surface area contributed by atoms with E-state index in [1.54, 1.807) is 18.2 Å². The smallest absolute Gasteiger partial charge is 0.316 e. The Labute approximate surface area is 142 Å². The molecule has 0 radical (unpaired) electrons. The molecule has 0 saturated heterocycles. The Hall–Kier alpha value is -1.55. The second kappa shape index (κ2) is 8.52. The van der Waals surface area contributed by atoms with Crippen molar-refractivity contribution >= 4 is 10.8 Å². The highest BCUT2D eigenvalue weighted by molar-refractivity contribution is 5.89. The van der Waals surface area contributed by atoms with Crippen LogP contribution in [0.3, 0.4) is 0 Å². The van der Waals surface area contributed by atoms with Crippen LogP contribution in [0.5, 0.6) is 0 Å². The zero-order valence-electron chi connectivity index (χ0n) is 14.2. The number of halogens is 3. The molecule has 24 heavy (non-hydrogen) atoms. The Morgan fingerprint density at radius 1 is 0.875 bits per heavy atom. The van der Waals surface area contributed by atoms with E-state index in [0.717, 1.165) is 30.2 Å². The normalized spacial score (nSPS) is 13.4. The fourth-order valence-corrected chi connectivity index (χ4v) is 3.15. The van der Waals surface area contributed by atoms with Gasteiger partial charge in [-0.15, -0.1) is 0 Å². The molecule has 4 heteroatoms. The lowest BCUT2D eigenvalue weighted by Gasteiger charge is -2.19. The fourth-order valence-electron chi connectivity index (χ4n) is 3.15. The van der Waals surface area contributed by atoms with E-state index >= 15 is 0 Å². The van der Waals surface area contributed by atoms with Gasteiger partial charge in [0.1, 0.15) is 6.04 Å². The number of aryl methyl sites for hydroxylation is 1. The molecule has 0 heterocycles. The van der Waals surface area contributed by atoms with Crippen LogP contribution in [0.25, 0.3) is 10.8 Å². The van der Waals surface area contributed by atoms with E-state index in [-0.39, 0.29) is 5.56 Å². The van der Waals surface area contributed by atoms with Crippen molar-refractivity contribution in [3.8, 4) is 0 Å². The summed E-state index contributed by atoms with van der Waals surface area (Å²) >= 11 is 0. The molecule has 2 aromatic rings. The minimum Gasteiger partial charge on any atom is -0.316 e. The number of benzene rings is 2. The molecule has 1 atom stereocenters. The van der Waals surface area contributed by atoms with Crippen molar-refractivity contribution in [2.75, 3.05) is 0 Å². The van der Waals surface area contributed by atoms with Crippen LogP contribution in [-0.2, 0) is 6.42 Å². The first-order valence-corrected chi connectivity index (χ1v) is 8.78. The van der Waals surface area contributed by atoms with E-state index in [0.29, 0.717) is 5.39 Å². The van der Waals surface area contributed by atoms with Gasteiger partial charge in [-0.2, -0.15) is 13.2 Å². The highest BCUT2D eigenvalue weighted by Gasteiger charge is 2.38. The van der Waals surface area contributed by atoms with Crippen LogP contribution in [0.2, 0.25) is 0 Å². The van der Waals surface area contributed by atoms with Crippen molar-refractivity contribution in [3.63, 3.8) is 0 Å². The zero-order chi connectivity index (χ0) is 17.6. The van der Waals surface area contributed by atoms with Crippen LogP contribution in [0.4, 0.5) is 13.2 Å². The molecule has 132 valence electrons. The minimum atomic E-state index is -4.43. The quantitative estimate of drug-likeness (QED) is 0.562. The predicted molar refractivity (Wildman–Crippen MR) is 94.0 cm³/mol. The Bertz CT molecular complexity index is 649. The molecule has 2 N–H and O–H groups in total. The fraction of sp³-hybridized carbons (Fsp3) is 0.500.